The number of nitrogens with zero attached hydrogens (tertiary/aromatic N) is 1. The first kappa shape index (κ1) is 24.5. The molecule has 2 rings (SSSR count). The van der Waals surface area contributed by atoms with Crippen LogP contribution in [-0.4, -0.2) is 76.6 Å². The van der Waals surface area contributed by atoms with Gasteiger partial charge < -0.3 is 24.8 Å². The number of likely N-dealkylation sites (tertiary alicyclic amines) is 1. The molecule has 0 bridgehead atoms. The van der Waals surface area contributed by atoms with Gasteiger partial charge in [-0.2, -0.15) is 0 Å². The van der Waals surface area contributed by atoms with Gasteiger partial charge in [0.1, 0.15) is 18.8 Å². The van der Waals surface area contributed by atoms with Gasteiger partial charge in [0.15, 0.2) is 0 Å². The van der Waals surface area contributed by atoms with Crippen molar-refractivity contribution in [2.45, 2.75) is 48.5 Å². The molecule has 2 amide bonds. The van der Waals surface area contributed by atoms with Crippen LogP contribution in [0.2, 0.25) is 0 Å². The molecule has 3 atom stereocenters. The molecule has 2 N–H and O–H groups in total. The fraction of sp³-hybridized carbons (Fsp3) is 0.833. The van der Waals surface area contributed by atoms with E-state index in [4.69, 9.17) is 44.3 Å². The number of alkyl halides is 3. The van der Waals surface area contributed by atoms with Gasteiger partial charge in [0.05, 0.1) is 5.92 Å². The van der Waals surface area contributed by atoms with Gasteiger partial charge >= 0.3 is 5.97 Å². The Balaban J connectivity index is 1.84. The number of piperidine rings is 1. The summed E-state index contributed by atoms with van der Waals surface area (Å²) in [5.41, 5.74) is 0. The highest BCUT2D eigenvalue weighted by molar-refractivity contribution is 6.67. The molecule has 0 aliphatic carbocycles. The van der Waals surface area contributed by atoms with Crippen molar-refractivity contribution in [1.29, 1.82) is 0 Å². The quantitative estimate of drug-likeness (QED) is 0.447. The molecule has 8 nitrogen and oxygen atoms in total. The standard InChI is InChI=1S/C18H27Cl3N2O6/c1-11(22-15(25)14(24)12-4-7-28-8-5-12)16(26)23-6-2-3-13(9-23)17(27)29-10-18(19,20)21/h11-14,24H,2-10H2,1H3,(H,22,25)/t11-,13+,14-/m0/s1. The summed E-state index contributed by atoms with van der Waals surface area (Å²) in [6.07, 6.45) is 1.19. The molecule has 0 aromatic heterocycles. The van der Waals surface area contributed by atoms with Gasteiger partial charge in [-0.05, 0) is 38.5 Å². The molecule has 0 radical (unpaired) electrons. The number of aliphatic hydroxyl groups excluding tert-OH is 1. The fourth-order valence-electron chi connectivity index (χ4n) is 3.52. The van der Waals surface area contributed by atoms with E-state index in [9.17, 15) is 19.5 Å². The van der Waals surface area contributed by atoms with E-state index in [1.54, 1.807) is 6.92 Å². The maximum Gasteiger partial charge on any atom is 0.310 e. The molecule has 2 fully saturated rings. The molecule has 0 saturated carbocycles. The Kier molecular flexibility index (Phi) is 9.28. The van der Waals surface area contributed by atoms with Crippen molar-refractivity contribution in [1.82, 2.24) is 10.2 Å². The van der Waals surface area contributed by atoms with Crippen LogP contribution < -0.4 is 5.32 Å². The van der Waals surface area contributed by atoms with E-state index in [2.05, 4.69) is 5.32 Å². The highest BCUT2D eigenvalue weighted by Gasteiger charge is 2.34. The van der Waals surface area contributed by atoms with Crippen molar-refractivity contribution in [2.24, 2.45) is 11.8 Å². The maximum atomic E-state index is 12.7. The van der Waals surface area contributed by atoms with Crippen LogP contribution in [0, 0.1) is 11.8 Å². The SMILES string of the molecule is C[C@H](NC(=O)[C@@H](O)C1CCOCC1)C(=O)N1CCC[C@@H](C(=O)OCC(Cl)(Cl)Cl)C1. The third-order valence-electron chi connectivity index (χ3n) is 5.15. The maximum absolute atomic E-state index is 12.7. The van der Waals surface area contributed by atoms with Crippen molar-refractivity contribution in [2.75, 3.05) is 32.9 Å². The van der Waals surface area contributed by atoms with Crippen molar-refractivity contribution >= 4 is 52.6 Å². The van der Waals surface area contributed by atoms with Crippen molar-refractivity contribution in [3.63, 3.8) is 0 Å². The van der Waals surface area contributed by atoms with Crippen molar-refractivity contribution in [3.8, 4) is 0 Å². The second kappa shape index (κ2) is 11.0. The number of halogens is 3. The van der Waals surface area contributed by atoms with Crippen molar-refractivity contribution in [3.05, 3.63) is 0 Å². The molecule has 0 aromatic rings. The van der Waals surface area contributed by atoms with Gasteiger partial charge in [-0.3, -0.25) is 14.4 Å². The van der Waals surface area contributed by atoms with Crippen LogP contribution in [0.4, 0.5) is 0 Å². The van der Waals surface area contributed by atoms with Crippen LogP contribution in [0.3, 0.4) is 0 Å². The summed E-state index contributed by atoms with van der Waals surface area (Å²) in [6.45, 7) is 2.84. The van der Waals surface area contributed by atoms with Crippen LogP contribution in [0.15, 0.2) is 0 Å². The third-order valence-corrected chi connectivity index (χ3v) is 5.48. The zero-order valence-electron chi connectivity index (χ0n) is 16.2. The first-order valence-corrected chi connectivity index (χ1v) is 10.8. The Hall–Kier alpha value is -0.800. The van der Waals surface area contributed by atoms with E-state index in [0.29, 0.717) is 45.4 Å². The summed E-state index contributed by atoms with van der Waals surface area (Å²) in [5, 5.41) is 12.8. The van der Waals surface area contributed by atoms with E-state index >= 15 is 0 Å². The van der Waals surface area contributed by atoms with E-state index in [0.717, 1.165) is 0 Å². The van der Waals surface area contributed by atoms with Gasteiger partial charge in [0.25, 0.3) is 0 Å². The predicted octanol–water partition coefficient (Wildman–Crippen LogP) is 1.43. The lowest BCUT2D eigenvalue weighted by molar-refractivity contribution is -0.152. The Morgan fingerprint density at radius 1 is 1.24 bits per heavy atom. The molecule has 0 aromatic carbocycles. The van der Waals surface area contributed by atoms with Gasteiger partial charge in [-0.15, -0.1) is 0 Å². The zero-order valence-corrected chi connectivity index (χ0v) is 18.5. The molecule has 29 heavy (non-hydrogen) atoms. The van der Waals surface area contributed by atoms with Gasteiger partial charge in [0, 0.05) is 26.3 Å². The molecule has 2 heterocycles. The average molecular weight is 474 g/mol. The predicted molar refractivity (Wildman–Crippen MR) is 108 cm³/mol. The minimum absolute atomic E-state index is 0.167. The monoisotopic (exact) mass is 472 g/mol. The molecule has 0 spiro atoms. The number of amides is 2. The highest BCUT2D eigenvalue weighted by Crippen LogP contribution is 2.27. The van der Waals surface area contributed by atoms with Gasteiger partial charge in [-0.1, -0.05) is 34.8 Å². The Morgan fingerprint density at radius 2 is 1.90 bits per heavy atom. The van der Waals surface area contributed by atoms with Gasteiger partial charge in [-0.25, -0.2) is 0 Å². The Morgan fingerprint density at radius 3 is 2.52 bits per heavy atom. The number of ether oxygens (including phenoxy) is 2. The largest absolute Gasteiger partial charge is 0.461 e. The first-order chi connectivity index (χ1) is 13.6. The lowest BCUT2D eigenvalue weighted by atomic mass is 9.93. The molecule has 166 valence electrons. The van der Waals surface area contributed by atoms with Crippen LogP contribution in [0.1, 0.15) is 32.6 Å². The number of hydrogen-bond acceptors (Lipinski definition) is 6. The van der Waals surface area contributed by atoms with Crippen LogP contribution in [0.5, 0.6) is 0 Å². The normalized spacial score (nSPS) is 23.2. The second-order valence-electron chi connectivity index (χ2n) is 7.47. The summed E-state index contributed by atoms with van der Waals surface area (Å²) in [5.74, 6) is -2.13. The minimum atomic E-state index is -1.69. The lowest BCUT2D eigenvalue weighted by Gasteiger charge is -2.34. The molecular formula is C18H27Cl3N2O6. The van der Waals surface area contributed by atoms with E-state index in [1.165, 1.54) is 4.90 Å². The van der Waals surface area contributed by atoms with E-state index in [-0.39, 0.29) is 25.0 Å². The van der Waals surface area contributed by atoms with E-state index < -0.39 is 33.7 Å². The summed E-state index contributed by atoms with van der Waals surface area (Å²) < 4.78 is 8.55. The molecule has 2 aliphatic heterocycles. The number of nitrogens with one attached hydrogen (secondary N) is 1. The zero-order chi connectivity index (χ0) is 21.6. The molecule has 11 heteroatoms. The number of rotatable bonds is 6. The van der Waals surface area contributed by atoms with Crippen molar-refractivity contribution < 1.29 is 29.0 Å². The molecule has 2 saturated heterocycles. The van der Waals surface area contributed by atoms with Crippen LogP contribution >= 0.6 is 34.8 Å². The number of esters is 1. The number of carbonyl (C=O) groups is 3. The van der Waals surface area contributed by atoms with Crippen LogP contribution in [-0.2, 0) is 23.9 Å². The van der Waals surface area contributed by atoms with Gasteiger partial charge in [0.2, 0.25) is 15.6 Å². The average Bonchev–Trinajstić information content (AvgIpc) is 2.70. The topological polar surface area (TPSA) is 105 Å². The fourth-order valence-corrected chi connectivity index (χ4v) is 3.68. The molecule has 0 unspecified atom stereocenters. The smallest absolute Gasteiger partial charge is 0.310 e. The minimum Gasteiger partial charge on any atom is -0.461 e. The number of carbonyl (C=O) groups excluding carboxylic acids is 3. The lowest BCUT2D eigenvalue weighted by Crippen LogP contribution is -2.53. The Labute approximate surface area is 185 Å². The summed E-state index contributed by atoms with van der Waals surface area (Å²) in [4.78, 5) is 38.7. The molecular weight excluding hydrogens is 447 g/mol. The first-order valence-electron chi connectivity index (χ1n) is 9.67. The number of hydrogen-bond donors (Lipinski definition) is 2. The van der Waals surface area contributed by atoms with E-state index in [1.807, 2.05) is 0 Å². The molecule has 2 aliphatic rings. The summed E-state index contributed by atoms with van der Waals surface area (Å²) >= 11 is 16.8. The van der Waals surface area contributed by atoms with Crippen LogP contribution in [0.25, 0.3) is 0 Å². The summed E-state index contributed by atoms with van der Waals surface area (Å²) in [6, 6.07) is -0.826. The second-order valence-corrected chi connectivity index (χ2v) is 9.99. The third kappa shape index (κ3) is 7.75. The Bertz CT molecular complexity index is 595. The number of aliphatic hydroxyl groups is 1. The highest BCUT2D eigenvalue weighted by atomic mass is 35.6. The summed E-state index contributed by atoms with van der Waals surface area (Å²) in [7, 11) is 0.